The first kappa shape index (κ1) is 54.3. The molecule has 0 aromatic carbocycles. The molecule has 0 spiro atoms. The number of unbranched alkanes of at least 4 members (excludes halogenated alkanes) is 21. The van der Waals surface area contributed by atoms with Gasteiger partial charge in [0.1, 0.15) is 6.61 Å². The Bertz CT molecular complexity index is 1070. The molecule has 0 aliphatic heterocycles. The average molecular weight is 803 g/mol. The molecular formula is C49H88NO7+. The Morgan fingerprint density at radius 1 is 0.544 bits per heavy atom. The lowest BCUT2D eigenvalue weighted by atomic mass is 10.1. The van der Waals surface area contributed by atoms with Gasteiger partial charge in [-0.15, -0.1) is 0 Å². The van der Waals surface area contributed by atoms with Crippen LogP contribution in [-0.4, -0.2) is 80.6 Å². The van der Waals surface area contributed by atoms with Gasteiger partial charge in [-0.2, -0.15) is 0 Å². The summed E-state index contributed by atoms with van der Waals surface area (Å²) in [4.78, 5) is 37.0. The number of likely N-dealkylation sites (N-methyl/N-ethyl adjacent to an activating group) is 1. The maximum Gasteiger partial charge on any atom is 0.362 e. The summed E-state index contributed by atoms with van der Waals surface area (Å²) in [5.41, 5.74) is 0. The number of nitrogens with zero attached hydrogens (tertiary/aromatic N) is 1. The van der Waals surface area contributed by atoms with Crippen LogP contribution in [0.4, 0.5) is 0 Å². The summed E-state index contributed by atoms with van der Waals surface area (Å²) in [6, 6.07) is -0.619. The van der Waals surface area contributed by atoms with Gasteiger partial charge in [0, 0.05) is 19.3 Å². The van der Waals surface area contributed by atoms with Crippen molar-refractivity contribution in [3.05, 3.63) is 48.6 Å². The SMILES string of the molecule is CC/C=C/C=C/C=C/CCCCCCCC(=O)OCC(COCCC(C(=O)O)[N+](C)(C)C)OC(=O)CCCCCCCCC/C=C/CCCCCCCCCCC. The molecule has 0 radical (unpaired) electrons. The summed E-state index contributed by atoms with van der Waals surface area (Å²) in [7, 11) is 5.52. The Hall–Kier alpha value is -2.71. The van der Waals surface area contributed by atoms with Crippen molar-refractivity contribution in [3.8, 4) is 0 Å². The Balaban J connectivity index is 4.31. The highest BCUT2D eigenvalue weighted by Crippen LogP contribution is 2.14. The Morgan fingerprint density at radius 2 is 1.00 bits per heavy atom. The quantitative estimate of drug-likeness (QED) is 0.0216. The van der Waals surface area contributed by atoms with Gasteiger partial charge in [-0.05, 0) is 57.8 Å². The molecule has 330 valence electrons. The van der Waals surface area contributed by atoms with Gasteiger partial charge in [-0.25, -0.2) is 4.79 Å². The molecule has 2 atom stereocenters. The van der Waals surface area contributed by atoms with Crippen molar-refractivity contribution in [2.24, 2.45) is 0 Å². The zero-order valence-corrected chi connectivity index (χ0v) is 37.5. The number of aliphatic carboxylic acids is 1. The maximum atomic E-state index is 12.7. The van der Waals surface area contributed by atoms with Crippen LogP contribution in [0.15, 0.2) is 48.6 Å². The molecular weight excluding hydrogens is 715 g/mol. The molecule has 0 aliphatic carbocycles. The van der Waals surface area contributed by atoms with E-state index in [1.807, 2.05) is 27.2 Å². The number of hydrogen-bond acceptors (Lipinski definition) is 6. The van der Waals surface area contributed by atoms with Crippen molar-refractivity contribution in [1.82, 2.24) is 0 Å². The van der Waals surface area contributed by atoms with Crippen LogP contribution in [0.1, 0.15) is 194 Å². The summed E-state index contributed by atoms with van der Waals surface area (Å²) in [6.45, 7) is 4.58. The van der Waals surface area contributed by atoms with Crippen molar-refractivity contribution in [1.29, 1.82) is 0 Å². The number of hydrogen-bond donors (Lipinski definition) is 1. The fourth-order valence-corrected chi connectivity index (χ4v) is 6.67. The third-order valence-electron chi connectivity index (χ3n) is 10.3. The smallest absolute Gasteiger partial charge is 0.362 e. The number of ether oxygens (including phenoxy) is 3. The van der Waals surface area contributed by atoms with Gasteiger partial charge in [0.2, 0.25) is 0 Å². The van der Waals surface area contributed by atoms with E-state index in [1.54, 1.807) is 0 Å². The van der Waals surface area contributed by atoms with Gasteiger partial charge >= 0.3 is 17.9 Å². The van der Waals surface area contributed by atoms with Crippen molar-refractivity contribution >= 4 is 17.9 Å². The second kappa shape index (κ2) is 40.1. The minimum absolute atomic E-state index is 0.0522. The average Bonchev–Trinajstić information content (AvgIpc) is 3.17. The Kier molecular flexibility index (Phi) is 38.2. The van der Waals surface area contributed by atoms with E-state index >= 15 is 0 Å². The van der Waals surface area contributed by atoms with Crippen molar-refractivity contribution < 1.29 is 38.2 Å². The van der Waals surface area contributed by atoms with Crippen molar-refractivity contribution in [2.45, 2.75) is 206 Å². The van der Waals surface area contributed by atoms with Gasteiger partial charge in [0.05, 0.1) is 34.4 Å². The number of allylic oxidation sites excluding steroid dienone is 8. The van der Waals surface area contributed by atoms with E-state index in [0.717, 1.165) is 64.2 Å². The molecule has 2 unspecified atom stereocenters. The second-order valence-corrected chi connectivity index (χ2v) is 16.7. The summed E-state index contributed by atoms with van der Waals surface area (Å²) in [5.74, 6) is -1.50. The molecule has 1 N–H and O–H groups in total. The monoisotopic (exact) mass is 803 g/mol. The topological polar surface area (TPSA) is 99.1 Å². The predicted molar refractivity (Wildman–Crippen MR) is 238 cm³/mol. The number of carbonyl (C=O) groups is 3. The normalized spacial score (nSPS) is 13.4. The minimum Gasteiger partial charge on any atom is -0.477 e. The van der Waals surface area contributed by atoms with Crippen LogP contribution < -0.4 is 0 Å². The van der Waals surface area contributed by atoms with Gasteiger partial charge in [0.15, 0.2) is 12.1 Å². The summed E-state index contributed by atoms with van der Waals surface area (Å²) < 4.78 is 17.3. The highest BCUT2D eigenvalue weighted by molar-refractivity contribution is 5.72. The lowest BCUT2D eigenvalue weighted by Gasteiger charge is -2.31. The van der Waals surface area contributed by atoms with Crippen LogP contribution in [0.25, 0.3) is 0 Å². The van der Waals surface area contributed by atoms with Crippen LogP contribution in [0.5, 0.6) is 0 Å². The second-order valence-electron chi connectivity index (χ2n) is 16.7. The molecule has 0 aliphatic rings. The highest BCUT2D eigenvalue weighted by atomic mass is 16.6. The summed E-state index contributed by atoms with van der Waals surface area (Å²) in [5, 5.41) is 9.62. The first-order valence-corrected chi connectivity index (χ1v) is 23.2. The van der Waals surface area contributed by atoms with Crippen molar-refractivity contribution in [3.63, 3.8) is 0 Å². The number of carbonyl (C=O) groups excluding carboxylic acids is 2. The first-order valence-electron chi connectivity index (χ1n) is 23.2. The van der Waals surface area contributed by atoms with Gasteiger partial charge in [-0.3, -0.25) is 9.59 Å². The molecule has 0 aromatic rings. The molecule has 0 heterocycles. The van der Waals surface area contributed by atoms with Crippen molar-refractivity contribution in [2.75, 3.05) is 41.0 Å². The summed E-state index contributed by atoms with van der Waals surface area (Å²) in [6.07, 6.45) is 47.3. The van der Waals surface area contributed by atoms with E-state index in [2.05, 4.69) is 56.4 Å². The van der Waals surface area contributed by atoms with Crippen LogP contribution in [-0.2, 0) is 28.6 Å². The van der Waals surface area contributed by atoms with E-state index in [-0.39, 0.29) is 36.2 Å². The largest absolute Gasteiger partial charge is 0.477 e. The number of esters is 2. The molecule has 0 amide bonds. The Morgan fingerprint density at radius 3 is 1.49 bits per heavy atom. The number of rotatable bonds is 41. The predicted octanol–water partition coefficient (Wildman–Crippen LogP) is 12.8. The number of carboxylic acids is 1. The molecule has 0 saturated carbocycles. The van der Waals surface area contributed by atoms with E-state index in [4.69, 9.17) is 14.2 Å². The lowest BCUT2D eigenvalue weighted by molar-refractivity contribution is -0.887. The molecule has 0 fully saturated rings. The molecule has 8 heteroatoms. The molecule has 8 nitrogen and oxygen atoms in total. The van der Waals surface area contributed by atoms with Crippen LogP contribution >= 0.6 is 0 Å². The standard InChI is InChI=1S/C49H87NO7/c1-6-8-10-12-14-16-18-20-21-22-23-24-25-26-28-30-32-34-36-38-40-48(52)57-45(43-55-42-41-46(49(53)54)50(3,4)5)44-56-47(51)39-37-35-33-31-29-27-19-17-15-13-11-9-7-2/h9,11,13,15,17,19,23-24,45-46H,6-8,10,12,14,16,18,20-22,25-44H2,1-5H3/p+1/b11-9+,15-13+,19-17+,24-23+. The highest BCUT2D eigenvalue weighted by Gasteiger charge is 2.31. The molecule has 0 rings (SSSR count). The number of quaternary nitrogens is 1. The van der Waals surface area contributed by atoms with E-state index in [0.29, 0.717) is 19.3 Å². The molecule has 57 heavy (non-hydrogen) atoms. The minimum atomic E-state index is -0.879. The van der Waals surface area contributed by atoms with Crippen LogP contribution in [0.3, 0.4) is 0 Å². The molecule has 0 aromatic heterocycles. The van der Waals surface area contributed by atoms with E-state index < -0.39 is 18.1 Å². The zero-order valence-electron chi connectivity index (χ0n) is 37.5. The third kappa shape index (κ3) is 38.6. The molecule has 0 saturated heterocycles. The lowest BCUT2D eigenvalue weighted by Crippen LogP contribution is -2.50. The van der Waals surface area contributed by atoms with Crippen LogP contribution in [0, 0.1) is 0 Å². The fourth-order valence-electron chi connectivity index (χ4n) is 6.67. The van der Waals surface area contributed by atoms with Gasteiger partial charge < -0.3 is 23.8 Å². The third-order valence-corrected chi connectivity index (χ3v) is 10.3. The number of carboxylic acid groups (broad SMARTS) is 1. The zero-order chi connectivity index (χ0) is 42.1. The van der Waals surface area contributed by atoms with E-state index in [1.165, 1.54) is 96.3 Å². The van der Waals surface area contributed by atoms with Gasteiger partial charge in [0.25, 0.3) is 0 Å². The van der Waals surface area contributed by atoms with E-state index in [9.17, 15) is 19.5 Å². The molecule has 0 bridgehead atoms. The Labute approximate surface area is 350 Å². The van der Waals surface area contributed by atoms with Crippen LogP contribution in [0.2, 0.25) is 0 Å². The maximum absolute atomic E-state index is 12.7. The fraction of sp³-hybridized carbons (Fsp3) is 0.776. The van der Waals surface area contributed by atoms with Gasteiger partial charge in [-0.1, -0.05) is 165 Å². The summed E-state index contributed by atoms with van der Waals surface area (Å²) >= 11 is 0. The first-order chi connectivity index (χ1) is 27.6.